The largest absolute Gasteiger partial charge is 0.416 e. The molecule has 1 aliphatic carbocycles. The van der Waals surface area contributed by atoms with Crippen LogP contribution in [0.1, 0.15) is 47.5 Å². The summed E-state index contributed by atoms with van der Waals surface area (Å²) >= 11 is 1.71. The van der Waals surface area contributed by atoms with Crippen LogP contribution >= 0.6 is 11.3 Å². The molecule has 0 unspecified atom stereocenters. The van der Waals surface area contributed by atoms with Gasteiger partial charge in [-0.1, -0.05) is 6.07 Å². The quantitative estimate of drug-likeness (QED) is 0.413. The Hall–Kier alpha value is -2.23. The highest BCUT2D eigenvalue weighted by molar-refractivity contribution is 7.19. The van der Waals surface area contributed by atoms with E-state index in [1.165, 1.54) is 16.5 Å². The van der Waals surface area contributed by atoms with Gasteiger partial charge in [0.05, 0.1) is 24.2 Å². The average Bonchev–Trinajstić information content (AvgIpc) is 3.21. The van der Waals surface area contributed by atoms with Crippen LogP contribution in [0.5, 0.6) is 0 Å². The number of benzene rings is 1. The first-order valence-electron chi connectivity index (χ1n) is 12.0. The summed E-state index contributed by atoms with van der Waals surface area (Å²) in [5.41, 5.74) is 0.988. The van der Waals surface area contributed by atoms with E-state index in [2.05, 4.69) is 10.2 Å². The van der Waals surface area contributed by atoms with Gasteiger partial charge in [-0.2, -0.15) is 13.2 Å². The van der Waals surface area contributed by atoms with E-state index in [9.17, 15) is 13.2 Å². The van der Waals surface area contributed by atoms with Gasteiger partial charge in [-0.05, 0) is 68.8 Å². The van der Waals surface area contributed by atoms with Crippen molar-refractivity contribution in [2.24, 2.45) is 0 Å². The fourth-order valence-electron chi connectivity index (χ4n) is 4.76. The number of ether oxygens (including phenoxy) is 1. The number of fused-ring (bicyclic) bond motifs is 3. The Balaban J connectivity index is 1.39. The highest BCUT2D eigenvalue weighted by Gasteiger charge is 2.30. The predicted molar refractivity (Wildman–Crippen MR) is 129 cm³/mol. The van der Waals surface area contributed by atoms with Crippen molar-refractivity contribution in [1.29, 1.82) is 0 Å². The van der Waals surface area contributed by atoms with E-state index in [1.54, 1.807) is 17.4 Å². The normalized spacial score (nSPS) is 17.1. The summed E-state index contributed by atoms with van der Waals surface area (Å²) in [5, 5.41) is 4.19. The van der Waals surface area contributed by atoms with E-state index >= 15 is 0 Å². The maximum Gasteiger partial charge on any atom is 0.416 e. The van der Waals surface area contributed by atoms with E-state index < -0.39 is 11.7 Å². The minimum Gasteiger partial charge on any atom is -0.379 e. The van der Waals surface area contributed by atoms with Crippen LogP contribution in [-0.4, -0.2) is 47.7 Å². The molecule has 182 valence electrons. The number of alkyl halides is 3. The Kier molecular flexibility index (Phi) is 7.04. The summed E-state index contributed by atoms with van der Waals surface area (Å²) in [6.45, 7) is 4.59. The number of unbranched alkanes of at least 4 members (excludes halogenated alkanes) is 1. The second kappa shape index (κ2) is 10.2. The average molecular weight is 491 g/mol. The third-order valence-corrected chi connectivity index (χ3v) is 7.73. The number of aryl methyl sites for hydroxylation is 3. The lowest BCUT2D eigenvalue weighted by Crippen LogP contribution is -2.36. The van der Waals surface area contributed by atoms with Crippen molar-refractivity contribution in [3.05, 3.63) is 46.1 Å². The van der Waals surface area contributed by atoms with Crippen molar-refractivity contribution in [2.45, 2.75) is 51.1 Å². The van der Waals surface area contributed by atoms with Crippen molar-refractivity contribution in [3.8, 4) is 0 Å². The number of nitrogens with zero attached hydrogens (tertiary/aromatic N) is 3. The van der Waals surface area contributed by atoms with E-state index in [4.69, 9.17) is 14.7 Å². The molecule has 1 N–H and O–H groups in total. The van der Waals surface area contributed by atoms with Crippen molar-refractivity contribution < 1.29 is 17.9 Å². The Morgan fingerprint density at radius 3 is 2.71 bits per heavy atom. The smallest absolute Gasteiger partial charge is 0.379 e. The predicted octanol–water partition coefficient (Wildman–Crippen LogP) is 5.99. The summed E-state index contributed by atoms with van der Waals surface area (Å²) in [6, 6.07) is 5.32. The molecule has 3 aromatic rings. The third-order valence-electron chi connectivity index (χ3n) is 6.54. The molecule has 0 atom stereocenters. The van der Waals surface area contributed by atoms with Crippen LogP contribution in [0.2, 0.25) is 0 Å². The Morgan fingerprint density at radius 2 is 1.88 bits per heavy atom. The molecule has 1 aromatic carbocycles. The first-order chi connectivity index (χ1) is 16.5. The van der Waals surface area contributed by atoms with Gasteiger partial charge in [0, 0.05) is 30.1 Å². The van der Waals surface area contributed by atoms with E-state index in [0.717, 1.165) is 106 Å². The van der Waals surface area contributed by atoms with Crippen LogP contribution in [0.15, 0.2) is 24.3 Å². The second-order valence-electron chi connectivity index (χ2n) is 8.99. The lowest BCUT2D eigenvalue weighted by atomic mass is 9.97. The number of nitrogens with one attached hydrogen (secondary N) is 1. The highest BCUT2D eigenvalue weighted by Crippen LogP contribution is 2.40. The fraction of sp³-hybridized carbons (Fsp3) is 0.520. The number of anilines is 2. The molecule has 2 aromatic heterocycles. The summed E-state index contributed by atoms with van der Waals surface area (Å²) in [7, 11) is 0. The van der Waals surface area contributed by atoms with Crippen molar-refractivity contribution in [1.82, 2.24) is 14.9 Å². The first kappa shape index (κ1) is 23.5. The van der Waals surface area contributed by atoms with Gasteiger partial charge in [-0.15, -0.1) is 11.3 Å². The minimum atomic E-state index is -4.38. The lowest BCUT2D eigenvalue weighted by Gasteiger charge is -2.26. The van der Waals surface area contributed by atoms with Gasteiger partial charge >= 0.3 is 6.18 Å². The summed E-state index contributed by atoms with van der Waals surface area (Å²) in [4.78, 5) is 14.4. The van der Waals surface area contributed by atoms with Gasteiger partial charge in [0.25, 0.3) is 0 Å². The topological polar surface area (TPSA) is 50.3 Å². The number of rotatable bonds is 7. The van der Waals surface area contributed by atoms with Gasteiger partial charge in [-0.25, -0.2) is 9.97 Å². The summed E-state index contributed by atoms with van der Waals surface area (Å²) in [5.74, 6) is 1.38. The molecule has 1 fully saturated rings. The molecule has 3 heterocycles. The summed E-state index contributed by atoms with van der Waals surface area (Å²) < 4.78 is 45.1. The lowest BCUT2D eigenvalue weighted by molar-refractivity contribution is -0.137. The molecule has 0 bridgehead atoms. The van der Waals surface area contributed by atoms with Gasteiger partial charge < -0.3 is 10.1 Å². The van der Waals surface area contributed by atoms with Gasteiger partial charge in [-0.3, -0.25) is 4.90 Å². The molecule has 0 spiro atoms. The molecular weight excluding hydrogens is 461 g/mol. The first-order valence-corrected chi connectivity index (χ1v) is 12.8. The Bertz CT molecular complexity index is 1140. The Morgan fingerprint density at radius 1 is 1.06 bits per heavy atom. The number of aromatic nitrogens is 2. The van der Waals surface area contributed by atoms with Gasteiger partial charge in [0.15, 0.2) is 0 Å². The number of morpholine rings is 1. The minimum absolute atomic E-state index is 0.392. The van der Waals surface area contributed by atoms with Crippen LogP contribution in [0.25, 0.3) is 10.2 Å². The van der Waals surface area contributed by atoms with Crippen LogP contribution < -0.4 is 5.32 Å². The zero-order valence-corrected chi connectivity index (χ0v) is 19.9. The molecule has 0 radical (unpaired) electrons. The third kappa shape index (κ3) is 5.37. The van der Waals surface area contributed by atoms with Crippen molar-refractivity contribution >= 4 is 33.1 Å². The molecule has 1 aliphatic heterocycles. The molecule has 5 rings (SSSR count). The number of hydrogen-bond donors (Lipinski definition) is 1. The molecule has 5 nitrogen and oxygen atoms in total. The zero-order chi connectivity index (χ0) is 23.5. The van der Waals surface area contributed by atoms with Crippen molar-refractivity contribution in [2.75, 3.05) is 38.2 Å². The van der Waals surface area contributed by atoms with E-state index in [0.29, 0.717) is 11.5 Å². The number of halogens is 3. The SMILES string of the molecule is FC(F)(F)c1cccc(Nc2nc(CCCCN3CCOCC3)nc3sc4c(c23)CCCC4)c1. The molecule has 1 saturated heterocycles. The van der Waals surface area contributed by atoms with Gasteiger partial charge in [0.2, 0.25) is 0 Å². The second-order valence-corrected chi connectivity index (χ2v) is 10.1. The van der Waals surface area contributed by atoms with E-state index in [1.807, 2.05) is 0 Å². The Labute approximate surface area is 201 Å². The fourth-order valence-corrected chi connectivity index (χ4v) is 6.04. The van der Waals surface area contributed by atoms with Crippen LogP contribution in [0, 0.1) is 0 Å². The van der Waals surface area contributed by atoms with Crippen LogP contribution in [0.3, 0.4) is 0 Å². The molecule has 34 heavy (non-hydrogen) atoms. The van der Waals surface area contributed by atoms with Crippen molar-refractivity contribution in [3.63, 3.8) is 0 Å². The zero-order valence-electron chi connectivity index (χ0n) is 19.1. The molecule has 0 amide bonds. The monoisotopic (exact) mass is 490 g/mol. The molecule has 0 saturated carbocycles. The summed E-state index contributed by atoms with van der Waals surface area (Å²) in [6.07, 6.45) is 2.67. The van der Waals surface area contributed by atoms with E-state index in [-0.39, 0.29) is 0 Å². The maximum absolute atomic E-state index is 13.2. The maximum atomic E-state index is 13.2. The highest BCUT2D eigenvalue weighted by atomic mass is 32.1. The van der Waals surface area contributed by atoms with Crippen LogP contribution in [0.4, 0.5) is 24.7 Å². The number of thiophene rings is 1. The molecule has 2 aliphatic rings. The van der Waals surface area contributed by atoms with Crippen LogP contribution in [-0.2, 0) is 30.2 Å². The molecule has 9 heteroatoms. The van der Waals surface area contributed by atoms with Gasteiger partial charge in [0.1, 0.15) is 16.5 Å². The molecular formula is C25H29F3N4OS. The standard InChI is InChI=1S/C25H29F3N4OS/c26-25(27,28)17-6-5-7-18(16-17)29-23-22-19-8-1-2-9-20(19)34-24(22)31-21(30-23)10-3-4-11-32-12-14-33-15-13-32/h5-7,16H,1-4,8-15H2,(H,29,30,31). The number of hydrogen-bond acceptors (Lipinski definition) is 6.